The number of hydrogen-bond acceptors (Lipinski definition) is 4. The summed E-state index contributed by atoms with van der Waals surface area (Å²) in [5, 5.41) is 2.90. The lowest BCUT2D eigenvalue weighted by atomic mass is 10.1. The van der Waals surface area contributed by atoms with Gasteiger partial charge < -0.3 is 15.1 Å². The van der Waals surface area contributed by atoms with Crippen molar-refractivity contribution in [3.05, 3.63) is 65.5 Å². The summed E-state index contributed by atoms with van der Waals surface area (Å²) in [6.45, 7) is 6.86. The average Bonchev–Trinajstić information content (AvgIpc) is 2.74. The molecule has 1 fully saturated rings. The topological polar surface area (TPSA) is 65.5 Å². The molecule has 0 aliphatic carbocycles. The number of aromatic nitrogens is 1. The summed E-state index contributed by atoms with van der Waals surface area (Å²) in [7, 11) is 0. The van der Waals surface area contributed by atoms with Gasteiger partial charge >= 0.3 is 0 Å². The van der Waals surface area contributed by atoms with Crippen molar-refractivity contribution < 1.29 is 9.59 Å². The molecule has 3 rings (SSSR count). The maximum Gasteiger partial charge on any atom is 0.255 e. The molecule has 2 aromatic rings. The monoisotopic (exact) mass is 366 g/mol. The van der Waals surface area contributed by atoms with Gasteiger partial charge in [0.15, 0.2) is 0 Å². The van der Waals surface area contributed by atoms with E-state index in [1.54, 1.807) is 6.07 Å². The van der Waals surface area contributed by atoms with Gasteiger partial charge in [-0.1, -0.05) is 37.3 Å². The van der Waals surface area contributed by atoms with E-state index in [4.69, 9.17) is 0 Å². The highest BCUT2D eigenvalue weighted by Crippen LogP contribution is 2.10. The van der Waals surface area contributed by atoms with E-state index in [0.29, 0.717) is 30.8 Å². The fourth-order valence-corrected chi connectivity index (χ4v) is 3.20. The summed E-state index contributed by atoms with van der Waals surface area (Å²) >= 11 is 0. The number of nitrogens with zero attached hydrogens (tertiary/aromatic N) is 3. The standard InChI is InChI=1S/C21H26N4O2/c1-2-24-10-12-25(13-11-24)21(27)19-14-18(15-22-16-19)20(26)23-9-8-17-6-4-3-5-7-17/h3-7,14-16H,2,8-13H2,1H3,(H,23,26). The van der Waals surface area contributed by atoms with Crippen molar-refractivity contribution in [3.63, 3.8) is 0 Å². The molecule has 6 heteroatoms. The summed E-state index contributed by atoms with van der Waals surface area (Å²) in [6, 6.07) is 11.6. The summed E-state index contributed by atoms with van der Waals surface area (Å²) in [6.07, 6.45) is 3.80. The van der Waals surface area contributed by atoms with Crippen molar-refractivity contribution in [3.8, 4) is 0 Å². The summed E-state index contributed by atoms with van der Waals surface area (Å²) in [4.78, 5) is 33.3. The van der Waals surface area contributed by atoms with E-state index < -0.39 is 0 Å². The van der Waals surface area contributed by atoms with Gasteiger partial charge in [0.25, 0.3) is 11.8 Å². The van der Waals surface area contributed by atoms with Crippen LogP contribution in [0.2, 0.25) is 0 Å². The second-order valence-electron chi connectivity index (χ2n) is 6.68. The zero-order valence-electron chi connectivity index (χ0n) is 15.7. The molecular weight excluding hydrogens is 340 g/mol. The molecule has 0 spiro atoms. The molecular formula is C21H26N4O2. The molecule has 2 amide bonds. The smallest absolute Gasteiger partial charge is 0.255 e. The molecule has 0 saturated carbocycles. The number of carbonyl (C=O) groups is 2. The average molecular weight is 366 g/mol. The maximum atomic E-state index is 12.7. The second-order valence-corrected chi connectivity index (χ2v) is 6.68. The van der Waals surface area contributed by atoms with E-state index in [-0.39, 0.29) is 11.8 Å². The highest BCUT2D eigenvalue weighted by atomic mass is 16.2. The van der Waals surface area contributed by atoms with Crippen LogP contribution in [0.4, 0.5) is 0 Å². The van der Waals surface area contributed by atoms with Crippen LogP contribution >= 0.6 is 0 Å². The van der Waals surface area contributed by atoms with Crippen LogP contribution in [0.1, 0.15) is 33.2 Å². The first kappa shape index (κ1) is 19.0. The number of piperazine rings is 1. The number of amides is 2. The second kappa shape index (κ2) is 9.28. The molecule has 2 heterocycles. The predicted octanol–water partition coefficient (Wildman–Crippen LogP) is 1.83. The number of carbonyl (C=O) groups excluding carboxylic acids is 2. The zero-order valence-corrected chi connectivity index (χ0v) is 15.7. The van der Waals surface area contributed by atoms with Crippen LogP contribution in [-0.2, 0) is 6.42 Å². The van der Waals surface area contributed by atoms with Crippen molar-refractivity contribution in [1.82, 2.24) is 20.1 Å². The molecule has 6 nitrogen and oxygen atoms in total. The Balaban J connectivity index is 1.56. The van der Waals surface area contributed by atoms with Gasteiger partial charge in [-0.15, -0.1) is 0 Å². The number of pyridine rings is 1. The molecule has 142 valence electrons. The summed E-state index contributed by atoms with van der Waals surface area (Å²) in [5.41, 5.74) is 2.06. The third kappa shape index (κ3) is 5.14. The summed E-state index contributed by atoms with van der Waals surface area (Å²) in [5.74, 6) is -0.263. The molecule has 27 heavy (non-hydrogen) atoms. The van der Waals surface area contributed by atoms with Gasteiger partial charge in [0.1, 0.15) is 0 Å². The van der Waals surface area contributed by atoms with Crippen molar-refractivity contribution in [2.45, 2.75) is 13.3 Å². The lowest BCUT2D eigenvalue weighted by molar-refractivity contribution is 0.0643. The minimum Gasteiger partial charge on any atom is -0.352 e. The molecule has 1 aromatic carbocycles. The van der Waals surface area contributed by atoms with Crippen molar-refractivity contribution in [1.29, 1.82) is 0 Å². The van der Waals surface area contributed by atoms with Crippen LogP contribution in [0.15, 0.2) is 48.8 Å². The van der Waals surface area contributed by atoms with Crippen molar-refractivity contribution in [2.75, 3.05) is 39.3 Å². The lowest BCUT2D eigenvalue weighted by Gasteiger charge is -2.34. The first-order valence-electron chi connectivity index (χ1n) is 9.46. The van der Waals surface area contributed by atoms with E-state index in [1.165, 1.54) is 18.0 Å². The van der Waals surface area contributed by atoms with Crippen LogP contribution in [0, 0.1) is 0 Å². The normalized spacial score (nSPS) is 14.8. The molecule has 1 aliphatic heterocycles. The molecule has 1 aliphatic rings. The molecule has 0 atom stereocenters. The van der Waals surface area contributed by atoms with Crippen LogP contribution in [-0.4, -0.2) is 65.9 Å². The fourth-order valence-electron chi connectivity index (χ4n) is 3.20. The van der Waals surface area contributed by atoms with Crippen LogP contribution in [0.25, 0.3) is 0 Å². The van der Waals surface area contributed by atoms with Crippen molar-refractivity contribution in [2.24, 2.45) is 0 Å². The molecule has 1 saturated heterocycles. The molecule has 0 unspecified atom stereocenters. The van der Waals surface area contributed by atoms with E-state index in [2.05, 4.69) is 22.1 Å². The van der Waals surface area contributed by atoms with Gasteiger partial charge in [0, 0.05) is 45.1 Å². The third-order valence-corrected chi connectivity index (χ3v) is 4.90. The number of nitrogens with one attached hydrogen (secondary N) is 1. The first-order valence-corrected chi connectivity index (χ1v) is 9.46. The van der Waals surface area contributed by atoms with E-state index in [0.717, 1.165) is 26.1 Å². The van der Waals surface area contributed by atoms with Gasteiger partial charge in [-0.25, -0.2) is 0 Å². The Morgan fingerprint density at radius 3 is 2.44 bits per heavy atom. The minimum atomic E-state index is -0.205. The van der Waals surface area contributed by atoms with Crippen molar-refractivity contribution >= 4 is 11.8 Å². The first-order chi connectivity index (χ1) is 13.2. The van der Waals surface area contributed by atoms with Crippen LogP contribution < -0.4 is 5.32 Å². The minimum absolute atomic E-state index is 0.0582. The zero-order chi connectivity index (χ0) is 19.1. The highest BCUT2D eigenvalue weighted by Gasteiger charge is 2.22. The molecule has 0 bridgehead atoms. The van der Waals surface area contributed by atoms with Gasteiger partial charge in [0.2, 0.25) is 0 Å². The van der Waals surface area contributed by atoms with Crippen LogP contribution in [0.3, 0.4) is 0 Å². The van der Waals surface area contributed by atoms with Gasteiger partial charge in [-0.3, -0.25) is 14.6 Å². The Morgan fingerprint density at radius 1 is 1.04 bits per heavy atom. The SMILES string of the molecule is CCN1CCN(C(=O)c2cncc(C(=O)NCCc3ccccc3)c2)CC1. The van der Waals surface area contributed by atoms with E-state index in [9.17, 15) is 9.59 Å². The van der Waals surface area contributed by atoms with Gasteiger partial charge in [-0.2, -0.15) is 0 Å². The van der Waals surface area contributed by atoms with Gasteiger partial charge in [0.05, 0.1) is 11.1 Å². The Labute approximate surface area is 160 Å². The molecule has 1 N–H and O–H groups in total. The predicted molar refractivity (Wildman–Crippen MR) is 105 cm³/mol. The molecule has 0 radical (unpaired) electrons. The van der Waals surface area contributed by atoms with Gasteiger partial charge in [-0.05, 0) is 24.6 Å². The Morgan fingerprint density at radius 2 is 1.74 bits per heavy atom. The van der Waals surface area contributed by atoms with E-state index >= 15 is 0 Å². The lowest BCUT2D eigenvalue weighted by Crippen LogP contribution is -2.48. The van der Waals surface area contributed by atoms with E-state index in [1.807, 2.05) is 35.2 Å². The fraction of sp³-hybridized carbons (Fsp3) is 0.381. The number of rotatable bonds is 6. The number of likely N-dealkylation sites (N-methyl/N-ethyl adjacent to an activating group) is 1. The number of benzene rings is 1. The summed E-state index contributed by atoms with van der Waals surface area (Å²) < 4.78 is 0. The Bertz CT molecular complexity index is 771. The maximum absolute atomic E-state index is 12.7. The molecule has 1 aromatic heterocycles. The Hall–Kier alpha value is -2.73. The van der Waals surface area contributed by atoms with Crippen LogP contribution in [0.5, 0.6) is 0 Å². The quantitative estimate of drug-likeness (QED) is 0.847. The highest BCUT2D eigenvalue weighted by molar-refractivity contribution is 5.99. The number of hydrogen-bond donors (Lipinski definition) is 1. The Kier molecular flexibility index (Phi) is 6.54. The third-order valence-electron chi connectivity index (χ3n) is 4.90. The largest absolute Gasteiger partial charge is 0.352 e.